The Hall–Kier alpha value is -3.08. The summed E-state index contributed by atoms with van der Waals surface area (Å²) in [5, 5.41) is 5.26. The third-order valence-corrected chi connectivity index (χ3v) is 5.67. The highest BCUT2D eigenvalue weighted by atomic mass is 35.5. The van der Waals surface area contributed by atoms with Crippen LogP contribution in [0, 0.1) is 0 Å². The van der Waals surface area contributed by atoms with Gasteiger partial charge >= 0.3 is 0 Å². The molecule has 142 valence electrons. The fourth-order valence-electron chi connectivity index (χ4n) is 3.66. The highest BCUT2D eigenvalue weighted by Crippen LogP contribution is 2.41. The first-order valence-electron chi connectivity index (χ1n) is 9.12. The van der Waals surface area contributed by atoms with Crippen LogP contribution in [0.1, 0.15) is 22.1 Å². The summed E-state index contributed by atoms with van der Waals surface area (Å²) < 4.78 is 0. The predicted molar refractivity (Wildman–Crippen MR) is 118 cm³/mol. The molecule has 0 unspecified atom stereocenters. The second-order valence-electron chi connectivity index (χ2n) is 6.77. The number of nitrogens with zero attached hydrogens (tertiary/aromatic N) is 2. The molecule has 0 bridgehead atoms. The van der Waals surface area contributed by atoms with Gasteiger partial charge in [0.1, 0.15) is 12.0 Å². The maximum Gasteiger partial charge on any atom is 0.264 e. The Morgan fingerprint density at radius 1 is 0.862 bits per heavy atom. The van der Waals surface area contributed by atoms with E-state index >= 15 is 0 Å². The smallest absolute Gasteiger partial charge is 0.264 e. The molecule has 0 saturated heterocycles. The largest absolute Gasteiger partial charge is 0.345 e. The Labute approximate surface area is 177 Å². The van der Waals surface area contributed by atoms with Crippen LogP contribution in [0.25, 0.3) is 10.9 Å². The quantitative estimate of drug-likeness (QED) is 0.413. The highest BCUT2D eigenvalue weighted by Gasteiger charge is 2.37. The van der Waals surface area contributed by atoms with Gasteiger partial charge in [-0.25, -0.2) is 4.98 Å². The molecule has 3 aromatic carbocycles. The number of fused-ring (bicyclic) bond motifs is 2. The second kappa shape index (κ2) is 7.07. The molecule has 0 fully saturated rings. The first kappa shape index (κ1) is 18.0. The van der Waals surface area contributed by atoms with Crippen LogP contribution in [0.4, 0.5) is 11.5 Å². The number of anilines is 2. The van der Waals surface area contributed by atoms with Crippen LogP contribution >= 0.6 is 23.2 Å². The number of aromatic nitrogens is 1. The van der Waals surface area contributed by atoms with Gasteiger partial charge in [-0.15, -0.1) is 0 Å². The molecule has 0 aliphatic carbocycles. The minimum atomic E-state index is -0.590. The van der Waals surface area contributed by atoms with E-state index in [0.29, 0.717) is 27.0 Å². The molecule has 29 heavy (non-hydrogen) atoms. The van der Waals surface area contributed by atoms with Crippen molar-refractivity contribution in [1.29, 1.82) is 0 Å². The molecule has 2 heterocycles. The number of pyridine rings is 1. The number of nitrogens with one attached hydrogen (secondary N) is 1. The first-order chi connectivity index (χ1) is 14.1. The molecule has 0 radical (unpaired) electrons. The number of carbonyl (C=O) groups excluding carboxylic acids is 1. The van der Waals surface area contributed by atoms with E-state index in [4.69, 9.17) is 23.2 Å². The van der Waals surface area contributed by atoms with Gasteiger partial charge in [0.15, 0.2) is 0 Å². The summed E-state index contributed by atoms with van der Waals surface area (Å²) in [4.78, 5) is 20.0. The summed E-state index contributed by atoms with van der Waals surface area (Å²) >= 11 is 13.0. The molecular weight excluding hydrogens is 405 g/mol. The first-order valence-corrected chi connectivity index (χ1v) is 9.88. The molecule has 1 atom stereocenters. The van der Waals surface area contributed by atoms with E-state index in [2.05, 4.69) is 10.3 Å². The normalized spacial score (nSPS) is 15.9. The van der Waals surface area contributed by atoms with E-state index in [1.54, 1.807) is 23.1 Å². The molecule has 1 amide bonds. The van der Waals surface area contributed by atoms with Crippen molar-refractivity contribution in [3.63, 3.8) is 0 Å². The van der Waals surface area contributed by atoms with Gasteiger partial charge in [0.05, 0.1) is 11.1 Å². The number of hydrogen-bond donors (Lipinski definition) is 1. The summed E-state index contributed by atoms with van der Waals surface area (Å²) in [7, 11) is 0. The van der Waals surface area contributed by atoms with Crippen LogP contribution in [-0.4, -0.2) is 10.9 Å². The van der Waals surface area contributed by atoms with Crippen LogP contribution in [0.15, 0.2) is 78.9 Å². The minimum absolute atomic E-state index is 0.163. The minimum Gasteiger partial charge on any atom is -0.345 e. The molecule has 6 heteroatoms. The summed E-state index contributed by atoms with van der Waals surface area (Å²) in [6.07, 6.45) is -0.590. The lowest BCUT2D eigenvalue weighted by atomic mass is 10.0. The number of amides is 1. The van der Waals surface area contributed by atoms with Crippen molar-refractivity contribution in [2.45, 2.75) is 6.17 Å². The zero-order valence-corrected chi connectivity index (χ0v) is 16.7. The maximum absolute atomic E-state index is 13.6. The van der Waals surface area contributed by atoms with Crippen LogP contribution in [0.5, 0.6) is 0 Å². The van der Waals surface area contributed by atoms with Crippen molar-refractivity contribution in [1.82, 2.24) is 4.98 Å². The fourth-order valence-corrected chi connectivity index (χ4v) is 4.26. The van der Waals surface area contributed by atoms with Gasteiger partial charge in [0, 0.05) is 26.7 Å². The maximum atomic E-state index is 13.6. The molecule has 1 aliphatic rings. The average molecular weight is 420 g/mol. The summed E-state index contributed by atoms with van der Waals surface area (Å²) in [5.74, 6) is 0.353. The number of para-hydroxylation sites is 2. The average Bonchev–Trinajstić information content (AvgIpc) is 2.73. The van der Waals surface area contributed by atoms with Crippen LogP contribution in [-0.2, 0) is 0 Å². The zero-order valence-electron chi connectivity index (χ0n) is 15.1. The summed E-state index contributed by atoms with van der Waals surface area (Å²) in [6, 6.07) is 24.4. The lowest BCUT2D eigenvalue weighted by molar-refractivity contribution is 0.0974. The Bertz CT molecular complexity index is 1220. The van der Waals surface area contributed by atoms with Gasteiger partial charge < -0.3 is 5.32 Å². The zero-order chi connectivity index (χ0) is 20.0. The van der Waals surface area contributed by atoms with E-state index in [-0.39, 0.29) is 5.91 Å². The molecular formula is C23H15Cl2N3O. The number of halogens is 2. The van der Waals surface area contributed by atoms with Gasteiger partial charge in [0.2, 0.25) is 0 Å². The summed E-state index contributed by atoms with van der Waals surface area (Å²) in [6.45, 7) is 0. The third-order valence-electron chi connectivity index (χ3n) is 5.01. The van der Waals surface area contributed by atoms with Crippen molar-refractivity contribution in [3.8, 4) is 0 Å². The predicted octanol–water partition coefficient (Wildman–Crippen LogP) is 6.31. The molecule has 0 saturated carbocycles. The fraction of sp³-hybridized carbons (Fsp3) is 0.0435. The van der Waals surface area contributed by atoms with Crippen LogP contribution < -0.4 is 10.2 Å². The van der Waals surface area contributed by atoms with E-state index in [1.807, 2.05) is 60.7 Å². The molecule has 5 rings (SSSR count). The highest BCUT2D eigenvalue weighted by molar-refractivity contribution is 6.36. The van der Waals surface area contributed by atoms with Crippen LogP contribution in [0.3, 0.4) is 0 Å². The lowest BCUT2D eigenvalue weighted by Crippen LogP contribution is -2.43. The van der Waals surface area contributed by atoms with Gasteiger partial charge in [-0.2, -0.15) is 0 Å². The SMILES string of the molecule is O=C1c2cc3ccccc3nc2N[C@H](c2c(Cl)cccc2Cl)N1c1ccccc1. The Morgan fingerprint density at radius 2 is 1.55 bits per heavy atom. The van der Waals surface area contributed by atoms with Crippen molar-refractivity contribution in [2.24, 2.45) is 0 Å². The van der Waals surface area contributed by atoms with E-state index in [1.165, 1.54) is 0 Å². The molecule has 4 nitrogen and oxygen atoms in total. The molecule has 0 spiro atoms. The van der Waals surface area contributed by atoms with Gasteiger partial charge in [-0.1, -0.05) is 65.7 Å². The number of hydrogen-bond acceptors (Lipinski definition) is 3. The van der Waals surface area contributed by atoms with E-state index in [0.717, 1.165) is 16.6 Å². The van der Waals surface area contributed by atoms with Crippen molar-refractivity contribution in [3.05, 3.63) is 100 Å². The molecule has 4 aromatic rings. The number of rotatable bonds is 2. The number of carbonyl (C=O) groups is 1. The Kier molecular flexibility index (Phi) is 4.38. The van der Waals surface area contributed by atoms with E-state index in [9.17, 15) is 4.79 Å². The molecule has 1 aliphatic heterocycles. The third kappa shape index (κ3) is 3.01. The van der Waals surface area contributed by atoms with Crippen molar-refractivity contribution in [2.75, 3.05) is 10.2 Å². The van der Waals surface area contributed by atoms with Crippen LogP contribution in [0.2, 0.25) is 10.0 Å². The topological polar surface area (TPSA) is 45.2 Å². The summed E-state index contributed by atoms with van der Waals surface area (Å²) in [5.41, 5.74) is 2.69. The van der Waals surface area contributed by atoms with Gasteiger partial charge in [0.25, 0.3) is 5.91 Å². The van der Waals surface area contributed by atoms with E-state index < -0.39 is 6.17 Å². The van der Waals surface area contributed by atoms with Crippen molar-refractivity contribution >= 4 is 51.5 Å². The van der Waals surface area contributed by atoms with Crippen molar-refractivity contribution < 1.29 is 4.79 Å². The molecule has 1 N–H and O–H groups in total. The monoisotopic (exact) mass is 419 g/mol. The van der Waals surface area contributed by atoms with Gasteiger partial charge in [-0.3, -0.25) is 9.69 Å². The molecule has 1 aromatic heterocycles. The Morgan fingerprint density at radius 3 is 2.31 bits per heavy atom. The second-order valence-corrected chi connectivity index (χ2v) is 7.58. The van der Waals surface area contributed by atoms with Gasteiger partial charge in [-0.05, 0) is 36.4 Å². The lowest BCUT2D eigenvalue weighted by Gasteiger charge is -2.38. The standard InChI is InChI=1S/C23H15Cl2N3O/c24-17-10-6-11-18(25)20(17)22-27-21-16(13-14-7-4-5-12-19(14)26-21)23(29)28(22)15-8-2-1-3-9-15/h1-13,22H,(H,26,27)/t22-/m0/s1. The number of benzene rings is 3. The Balaban J connectivity index is 1.75.